The molecule has 0 saturated heterocycles. The van der Waals surface area contributed by atoms with Gasteiger partial charge in [0.25, 0.3) is 0 Å². The summed E-state index contributed by atoms with van der Waals surface area (Å²) in [6.45, 7) is 1.38. The third kappa shape index (κ3) is 4.66. The van der Waals surface area contributed by atoms with Crippen molar-refractivity contribution in [2.45, 2.75) is 49.8 Å². The Morgan fingerprint density at radius 3 is 2.93 bits per heavy atom. The zero-order valence-electron chi connectivity index (χ0n) is 17.2. The number of carbonyl (C=O) groups excluding carboxylic acids is 1. The number of methoxy groups -OCH3 is 1. The molecule has 0 radical (unpaired) electrons. The highest BCUT2D eigenvalue weighted by Gasteiger charge is 2.47. The van der Waals surface area contributed by atoms with Gasteiger partial charge in [0.15, 0.2) is 0 Å². The van der Waals surface area contributed by atoms with Crippen LogP contribution in [0.2, 0.25) is 0 Å². The average Bonchev–Trinajstić information content (AvgIpc) is 3.37. The van der Waals surface area contributed by atoms with Gasteiger partial charge in [0.05, 0.1) is 18.6 Å². The molecule has 8 nitrogen and oxygen atoms in total. The van der Waals surface area contributed by atoms with Crippen LogP contribution in [0.4, 0.5) is 0 Å². The number of phenols is 1. The van der Waals surface area contributed by atoms with E-state index in [1.54, 1.807) is 31.5 Å². The van der Waals surface area contributed by atoms with Crippen LogP contribution in [0, 0.1) is 5.92 Å². The molecule has 0 spiro atoms. The third-order valence-electron chi connectivity index (χ3n) is 6.08. The molecule has 2 saturated carbocycles. The molecule has 1 aromatic carbocycles. The second-order valence-corrected chi connectivity index (χ2v) is 8.30. The van der Waals surface area contributed by atoms with Crippen molar-refractivity contribution in [1.82, 2.24) is 20.6 Å². The summed E-state index contributed by atoms with van der Waals surface area (Å²) < 4.78 is 5.00. The Labute approximate surface area is 176 Å². The van der Waals surface area contributed by atoms with Gasteiger partial charge in [0.1, 0.15) is 11.6 Å². The highest BCUT2D eigenvalue weighted by atomic mass is 16.5. The van der Waals surface area contributed by atoms with Crippen molar-refractivity contribution in [3.8, 4) is 5.75 Å². The molecule has 2 aliphatic rings. The number of carbonyl (C=O) groups is 1. The summed E-state index contributed by atoms with van der Waals surface area (Å²) in [5.41, 5.74) is 1.81. The van der Waals surface area contributed by atoms with Gasteiger partial charge in [0.2, 0.25) is 5.91 Å². The molecular formula is C22H30N4O4. The van der Waals surface area contributed by atoms with E-state index < -0.39 is 12.0 Å². The van der Waals surface area contributed by atoms with Crippen molar-refractivity contribution in [3.63, 3.8) is 0 Å². The SMILES string of the molecule is COCCNC(=O)[C@H]1C[C@@H](NCc2cccc(O)c2)[C@H](c2cnc(C3CC3)[nH]2)[C@@H]1O. The van der Waals surface area contributed by atoms with Crippen LogP contribution in [0.25, 0.3) is 0 Å². The smallest absolute Gasteiger partial charge is 0.225 e. The van der Waals surface area contributed by atoms with Gasteiger partial charge in [-0.25, -0.2) is 4.98 Å². The second kappa shape index (κ2) is 9.16. The van der Waals surface area contributed by atoms with E-state index in [-0.39, 0.29) is 23.6 Å². The van der Waals surface area contributed by atoms with Crippen molar-refractivity contribution in [1.29, 1.82) is 0 Å². The summed E-state index contributed by atoms with van der Waals surface area (Å²) in [6.07, 6.45) is 3.78. The maximum atomic E-state index is 12.7. The number of ether oxygens (including phenoxy) is 1. The molecule has 2 aliphatic carbocycles. The maximum Gasteiger partial charge on any atom is 0.225 e. The molecule has 4 atom stereocenters. The van der Waals surface area contributed by atoms with E-state index in [0.717, 1.165) is 29.9 Å². The lowest BCUT2D eigenvalue weighted by Gasteiger charge is -2.22. The van der Waals surface area contributed by atoms with Crippen LogP contribution < -0.4 is 10.6 Å². The fraction of sp³-hybridized carbons (Fsp3) is 0.545. The number of phenolic OH excluding ortho intramolecular Hbond substituents is 1. The molecule has 8 heteroatoms. The Morgan fingerprint density at radius 2 is 2.20 bits per heavy atom. The number of nitrogens with one attached hydrogen (secondary N) is 3. The summed E-state index contributed by atoms with van der Waals surface area (Å²) in [4.78, 5) is 20.6. The molecule has 2 aromatic rings. The molecule has 0 bridgehead atoms. The van der Waals surface area contributed by atoms with E-state index in [1.165, 1.54) is 0 Å². The highest BCUT2D eigenvalue weighted by molar-refractivity contribution is 5.80. The predicted octanol–water partition coefficient (Wildman–Crippen LogP) is 1.38. The lowest BCUT2D eigenvalue weighted by Crippen LogP contribution is -2.37. The molecule has 0 aliphatic heterocycles. The summed E-state index contributed by atoms with van der Waals surface area (Å²) >= 11 is 0. The summed E-state index contributed by atoms with van der Waals surface area (Å²) in [6, 6.07) is 6.98. The highest BCUT2D eigenvalue weighted by Crippen LogP contribution is 2.42. The number of nitrogens with zero attached hydrogens (tertiary/aromatic N) is 1. The van der Waals surface area contributed by atoms with Gasteiger partial charge in [-0.3, -0.25) is 4.79 Å². The van der Waals surface area contributed by atoms with Gasteiger partial charge in [0, 0.05) is 50.0 Å². The Bertz CT molecular complexity index is 866. The second-order valence-electron chi connectivity index (χ2n) is 8.30. The molecular weight excluding hydrogens is 384 g/mol. The minimum Gasteiger partial charge on any atom is -0.508 e. The third-order valence-corrected chi connectivity index (χ3v) is 6.08. The van der Waals surface area contributed by atoms with Gasteiger partial charge in [-0.15, -0.1) is 0 Å². The molecule has 162 valence electrons. The average molecular weight is 415 g/mol. The molecule has 1 aromatic heterocycles. The Hall–Kier alpha value is -2.42. The van der Waals surface area contributed by atoms with Crippen molar-refractivity contribution in [2.75, 3.05) is 20.3 Å². The van der Waals surface area contributed by atoms with Crippen LogP contribution in [0.1, 0.15) is 48.2 Å². The van der Waals surface area contributed by atoms with Crippen molar-refractivity contribution < 1.29 is 19.7 Å². The van der Waals surface area contributed by atoms with Crippen molar-refractivity contribution >= 4 is 5.91 Å². The number of hydrogen-bond acceptors (Lipinski definition) is 6. The van der Waals surface area contributed by atoms with E-state index in [2.05, 4.69) is 20.6 Å². The molecule has 0 unspecified atom stereocenters. The Morgan fingerprint density at radius 1 is 1.37 bits per heavy atom. The van der Waals surface area contributed by atoms with Gasteiger partial charge >= 0.3 is 0 Å². The first-order valence-electron chi connectivity index (χ1n) is 10.6. The van der Waals surface area contributed by atoms with Crippen LogP contribution in [-0.4, -0.2) is 58.5 Å². The Kier molecular flexibility index (Phi) is 6.36. The lowest BCUT2D eigenvalue weighted by molar-refractivity contribution is -0.127. The molecule has 2 fully saturated rings. The topological polar surface area (TPSA) is 120 Å². The predicted molar refractivity (Wildman–Crippen MR) is 111 cm³/mol. The number of rotatable bonds is 9. The van der Waals surface area contributed by atoms with Crippen LogP contribution >= 0.6 is 0 Å². The molecule has 1 heterocycles. The van der Waals surface area contributed by atoms with Crippen LogP contribution in [0.15, 0.2) is 30.5 Å². The molecule has 4 rings (SSSR count). The number of hydrogen-bond donors (Lipinski definition) is 5. The monoisotopic (exact) mass is 414 g/mol. The Balaban J connectivity index is 1.50. The van der Waals surface area contributed by atoms with Crippen LogP contribution in [-0.2, 0) is 16.1 Å². The first-order chi connectivity index (χ1) is 14.6. The normalized spacial score (nSPS) is 26.1. The van der Waals surface area contributed by atoms with Crippen molar-refractivity contribution in [3.05, 3.63) is 47.5 Å². The number of amides is 1. The largest absolute Gasteiger partial charge is 0.508 e. The van der Waals surface area contributed by atoms with Gasteiger partial charge in [-0.05, 0) is 37.0 Å². The van der Waals surface area contributed by atoms with Gasteiger partial charge < -0.3 is 30.6 Å². The van der Waals surface area contributed by atoms with Crippen molar-refractivity contribution in [2.24, 2.45) is 5.92 Å². The number of aliphatic hydroxyl groups is 1. The zero-order chi connectivity index (χ0) is 21.1. The van der Waals surface area contributed by atoms with E-state index in [4.69, 9.17) is 4.74 Å². The fourth-order valence-corrected chi connectivity index (χ4v) is 4.33. The number of aromatic amines is 1. The maximum absolute atomic E-state index is 12.7. The quantitative estimate of drug-likeness (QED) is 0.396. The molecule has 30 heavy (non-hydrogen) atoms. The lowest BCUT2D eigenvalue weighted by atomic mass is 9.96. The molecule has 1 amide bonds. The number of aromatic nitrogens is 2. The van der Waals surface area contributed by atoms with E-state index >= 15 is 0 Å². The number of aromatic hydroxyl groups is 1. The number of benzene rings is 1. The first-order valence-corrected chi connectivity index (χ1v) is 10.6. The number of imidazole rings is 1. The summed E-state index contributed by atoms with van der Waals surface area (Å²) in [5, 5.41) is 27.1. The zero-order valence-corrected chi connectivity index (χ0v) is 17.2. The van der Waals surface area contributed by atoms with E-state index in [1.807, 2.05) is 6.07 Å². The van der Waals surface area contributed by atoms with Crippen LogP contribution in [0.5, 0.6) is 5.75 Å². The van der Waals surface area contributed by atoms with E-state index in [9.17, 15) is 15.0 Å². The summed E-state index contributed by atoms with van der Waals surface area (Å²) in [7, 11) is 1.59. The summed E-state index contributed by atoms with van der Waals surface area (Å²) in [5.74, 6) is 0.742. The number of H-pyrrole nitrogens is 1. The number of aliphatic hydroxyl groups excluding tert-OH is 1. The standard InChI is InChI=1S/C22H30N4O4/c1-30-8-7-23-22(29)16-10-17(24-11-13-3-2-4-15(27)9-13)19(20(16)28)18-12-25-21(26-18)14-5-6-14/h2-4,9,12,14,16-17,19-20,24,27-28H,5-8,10-11H2,1H3,(H,23,29)(H,25,26)/t16-,17+,19+,20+/m0/s1. The minimum atomic E-state index is -0.818. The van der Waals surface area contributed by atoms with E-state index in [0.29, 0.717) is 32.0 Å². The first kappa shape index (κ1) is 20.8. The fourth-order valence-electron chi connectivity index (χ4n) is 4.33. The van der Waals surface area contributed by atoms with Gasteiger partial charge in [-0.2, -0.15) is 0 Å². The van der Waals surface area contributed by atoms with Gasteiger partial charge in [-0.1, -0.05) is 12.1 Å². The minimum absolute atomic E-state index is 0.104. The molecule has 5 N–H and O–H groups in total. The van der Waals surface area contributed by atoms with Crippen LogP contribution in [0.3, 0.4) is 0 Å².